The molecule has 0 saturated carbocycles. The molecule has 0 spiro atoms. The molecule has 2 rings (SSSR count). The number of phenols is 1. The largest absolute Gasteiger partial charge is 0.507 e. The summed E-state index contributed by atoms with van der Waals surface area (Å²) in [5.41, 5.74) is 0.901. The quantitative estimate of drug-likeness (QED) is 0.459. The van der Waals surface area contributed by atoms with Gasteiger partial charge in [0.1, 0.15) is 11.3 Å². The highest BCUT2D eigenvalue weighted by Crippen LogP contribution is 2.26. The number of aryl methyl sites for hydroxylation is 1. The van der Waals surface area contributed by atoms with E-state index in [0.29, 0.717) is 16.8 Å². The summed E-state index contributed by atoms with van der Waals surface area (Å²) in [4.78, 5) is 23.2. The van der Waals surface area contributed by atoms with Crippen molar-refractivity contribution in [2.75, 3.05) is 5.32 Å². The van der Waals surface area contributed by atoms with Gasteiger partial charge < -0.3 is 15.5 Å². The van der Waals surface area contributed by atoms with Crippen LogP contribution in [0.3, 0.4) is 0 Å². The van der Waals surface area contributed by atoms with Crippen molar-refractivity contribution in [3.8, 4) is 5.75 Å². The third-order valence-corrected chi connectivity index (χ3v) is 3.86. The minimum Gasteiger partial charge on any atom is -0.507 e. The first-order chi connectivity index (χ1) is 11.3. The second-order valence-electron chi connectivity index (χ2n) is 4.91. The molecular weight excluding hydrogens is 396 g/mol. The lowest BCUT2D eigenvalue weighted by atomic mass is 10.1. The van der Waals surface area contributed by atoms with Gasteiger partial charge >= 0.3 is 5.97 Å². The lowest BCUT2D eigenvalue weighted by molar-refractivity contribution is 0.0693. The van der Waals surface area contributed by atoms with E-state index in [4.69, 9.17) is 17.3 Å². The fraction of sp³-hybridized carbons (Fsp3) is 0.0625. The van der Waals surface area contributed by atoms with Gasteiger partial charge in [0.15, 0.2) is 5.11 Å². The van der Waals surface area contributed by atoms with Crippen LogP contribution in [0, 0.1) is 6.92 Å². The Kier molecular flexibility index (Phi) is 5.53. The normalized spacial score (nSPS) is 10.1. The van der Waals surface area contributed by atoms with Crippen molar-refractivity contribution in [1.82, 2.24) is 5.32 Å². The van der Waals surface area contributed by atoms with Gasteiger partial charge in [0, 0.05) is 15.7 Å². The van der Waals surface area contributed by atoms with E-state index in [-0.39, 0.29) is 16.4 Å². The Bertz CT molecular complexity index is 822. The van der Waals surface area contributed by atoms with E-state index in [0.717, 1.165) is 4.47 Å². The number of aromatic hydroxyl groups is 1. The van der Waals surface area contributed by atoms with Gasteiger partial charge in [-0.15, -0.1) is 0 Å². The first-order valence-corrected chi connectivity index (χ1v) is 7.93. The van der Waals surface area contributed by atoms with Crippen LogP contribution in [0.15, 0.2) is 40.9 Å². The van der Waals surface area contributed by atoms with Crippen molar-refractivity contribution in [2.24, 2.45) is 0 Å². The molecule has 1 amide bonds. The average molecular weight is 409 g/mol. The van der Waals surface area contributed by atoms with Crippen LogP contribution in [0.1, 0.15) is 26.3 Å². The number of carbonyl (C=O) groups is 2. The molecule has 8 heteroatoms. The number of amides is 1. The summed E-state index contributed by atoms with van der Waals surface area (Å²) in [5.74, 6) is -1.96. The number of anilines is 1. The Morgan fingerprint density at radius 2 is 1.79 bits per heavy atom. The fourth-order valence-electron chi connectivity index (χ4n) is 1.95. The summed E-state index contributed by atoms with van der Waals surface area (Å²) in [7, 11) is 0. The minimum absolute atomic E-state index is 0.0179. The van der Waals surface area contributed by atoms with Crippen LogP contribution < -0.4 is 10.6 Å². The fourth-order valence-corrected chi connectivity index (χ4v) is 2.43. The Balaban J connectivity index is 2.11. The molecule has 24 heavy (non-hydrogen) atoms. The molecule has 4 N–H and O–H groups in total. The Morgan fingerprint density at radius 3 is 2.38 bits per heavy atom. The summed E-state index contributed by atoms with van der Waals surface area (Å²) in [6, 6.07) is 9.49. The van der Waals surface area contributed by atoms with E-state index in [1.807, 2.05) is 0 Å². The standard InChI is InChI=1S/C16H13BrN2O4S/c1-8-6-11(7-12(13(8)20)15(22)23)18-16(24)19-14(21)9-2-4-10(17)5-3-9/h2-7,20H,1H3,(H,22,23)(H2,18,19,21,24). The molecule has 2 aromatic carbocycles. The number of hydrogen-bond donors (Lipinski definition) is 4. The Labute approximate surface area is 151 Å². The van der Waals surface area contributed by atoms with Crippen molar-refractivity contribution in [2.45, 2.75) is 6.92 Å². The molecule has 0 aliphatic rings. The zero-order valence-corrected chi connectivity index (χ0v) is 14.9. The smallest absolute Gasteiger partial charge is 0.339 e. The molecule has 0 atom stereocenters. The van der Waals surface area contributed by atoms with E-state index >= 15 is 0 Å². The molecule has 0 saturated heterocycles. The van der Waals surface area contributed by atoms with Crippen molar-refractivity contribution in [3.63, 3.8) is 0 Å². The number of rotatable bonds is 3. The van der Waals surface area contributed by atoms with Crippen LogP contribution in [0.2, 0.25) is 0 Å². The number of nitrogens with one attached hydrogen (secondary N) is 2. The van der Waals surface area contributed by atoms with E-state index < -0.39 is 11.9 Å². The number of hydrogen-bond acceptors (Lipinski definition) is 4. The predicted molar refractivity (Wildman–Crippen MR) is 97.6 cm³/mol. The number of thiocarbonyl (C=S) groups is 1. The van der Waals surface area contributed by atoms with Gasteiger partial charge in [-0.1, -0.05) is 15.9 Å². The number of carboxylic acids is 1. The molecule has 0 unspecified atom stereocenters. The molecule has 0 aromatic heterocycles. The monoisotopic (exact) mass is 408 g/mol. The van der Waals surface area contributed by atoms with Crippen LogP contribution in [-0.2, 0) is 0 Å². The number of benzene rings is 2. The highest BCUT2D eigenvalue weighted by atomic mass is 79.9. The van der Waals surface area contributed by atoms with E-state index in [1.54, 1.807) is 31.2 Å². The first-order valence-electron chi connectivity index (χ1n) is 6.72. The third kappa shape index (κ3) is 4.30. The van der Waals surface area contributed by atoms with Crippen LogP contribution in [0.4, 0.5) is 5.69 Å². The zero-order valence-electron chi connectivity index (χ0n) is 12.5. The molecular formula is C16H13BrN2O4S. The lowest BCUT2D eigenvalue weighted by Gasteiger charge is -2.12. The highest BCUT2D eigenvalue weighted by molar-refractivity contribution is 9.10. The average Bonchev–Trinajstić information content (AvgIpc) is 2.50. The van der Waals surface area contributed by atoms with Crippen LogP contribution in [-0.4, -0.2) is 27.2 Å². The highest BCUT2D eigenvalue weighted by Gasteiger charge is 2.14. The van der Waals surface area contributed by atoms with Gasteiger partial charge in [-0.2, -0.15) is 0 Å². The van der Waals surface area contributed by atoms with Crippen molar-refractivity contribution < 1.29 is 19.8 Å². The van der Waals surface area contributed by atoms with Gasteiger partial charge in [0.2, 0.25) is 0 Å². The number of carboxylic acid groups (broad SMARTS) is 1. The zero-order chi connectivity index (χ0) is 17.9. The van der Waals surface area contributed by atoms with E-state index in [1.165, 1.54) is 12.1 Å². The summed E-state index contributed by atoms with van der Waals surface area (Å²) in [6.45, 7) is 1.57. The van der Waals surface area contributed by atoms with Gasteiger partial charge in [-0.25, -0.2) is 4.79 Å². The lowest BCUT2D eigenvalue weighted by Crippen LogP contribution is -2.34. The predicted octanol–water partition coefficient (Wildman–Crippen LogP) is 3.29. The maximum absolute atomic E-state index is 12.1. The molecule has 6 nitrogen and oxygen atoms in total. The molecule has 0 heterocycles. The van der Waals surface area contributed by atoms with Gasteiger partial charge in [-0.05, 0) is 61.1 Å². The van der Waals surface area contributed by atoms with E-state index in [9.17, 15) is 14.7 Å². The van der Waals surface area contributed by atoms with Crippen LogP contribution in [0.25, 0.3) is 0 Å². The van der Waals surface area contributed by atoms with Crippen LogP contribution >= 0.6 is 28.1 Å². The molecule has 124 valence electrons. The first kappa shape index (κ1) is 17.9. The minimum atomic E-state index is -1.26. The van der Waals surface area contributed by atoms with Crippen molar-refractivity contribution in [3.05, 3.63) is 57.6 Å². The molecule has 0 bridgehead atoms. The molecule has 0 aliphatic carbocycles. The molecule has 0 radical (unpaired) electrons. The van der Waals surface area contributed by atoms with Gasteiger partial charge in [0.25, 0.3) is 5.91 Å². The SMILES string of the molecule is Cc1cc(NC(=S)NC(=O)c2ccc(Br)cc2)cc(C(=O)O)c1O. The Morgan fingerprint density at radius 1 is 1.17 bits per heavy atom. The third-order valence-electron chi connectivity index (χ3n) is 3.12. The summed E-state index contributed by atoms with van der Waals surface area (Å²) < 4.78 is 0.848. The number of halogens is 1. The van der Waals surface area contributed by atoms with Crippen LogP contribution in [0.5, 0.6) is 5.75 Å². The number of carbonyl (C=O) groups excluding carboxylic acids is 1. The summed E-state index contributed by atoms with van der Waals surface area (Å²) in [6.07, 6.45) is 0. The maximum Gasteiger partial charge on any atom is 0.339 e. The van der Waals surface area contributed by atoms with Gasteiger partial charge in [-0.3, -0.25) is 10.1 Å². The second-order valence-corrected chi connectivity index (χ2v) is 6.23. The second kappa shape index (κ2) is 7.41. The Hall–Kier alpha value is -2.45. The number of aromatic carboxylic acids is 1. The van der Waals surface area contributed by atoms with Crippen molar-refractivity contribution >= 4 is 50.8 Å². The molecule has 0 fully saturated rings. The summed E-state index contributed by atoms with van der Waals surface area (Å²) >= 11 is 8.34. The maximum atomic E-state index is 12.1. The van der Waals surface area contributed by atoms with Gasteiger partial charge in [0.05, 0.1) is 0 Å². The topological polar surface area (TPSA) is 98.7 Å². The van der Waals surface area contributed by atoms with Crippen molar-refractivity contribution in [1.29, 1.82) is 0 Å². The van der Waals surface area contributed by atoms with E-state index in [2.05, 4.69) is 26.6 Å². The molecule has 2 aromatic rings. The molecule has 0 aliphatic heterocycles. The summed E-state index contributed by atoms with van der Waals surface area (Å²) in [5, 5.41) is 24.1.